The lowest BCUT2D eigenvalue weighted by molar-refractivity contribution is -0.145. The van der Waals surface area contributed by atoms with Crippen molar-refractivity contribution >= 4 is 11.9 Å². The zero-order valence-electron chi connectivity index (χ0n) is 41.6. The predicted molar refractivity (Wildman–Crippen MR) is 263 cm³/mol. The van der Waals surface area contributed by atoms with Gasteiger partial charge in [0.25, 0.3) is 0 Å². The van der Waals surface area contributed by atoms with Gasteiger partial charge in [0, 0.05) is 45.1 Å². The molecule has 61 heavy (non-hydrogen) atoms. The van der Waals surface area contributed by atoms with E-state index in [1.807, 2.05) is 0 Å². The van der Waals surface area contributed by atoms with Gasteiger partial charge in [-0.3, -0.25) is 14.5 Å². The SMILES string of the molecule is CCCCCCCCC(CCCCCC)CNC(=O)CCCCCN(CCCCCC(=O)OCC(CCCCCC)CCCCCCCC)CCN(CCO)C1CCCCC1. The normalized spacial score (nSPS) is 14.5. The van der Waals surface area contributed by atoms with Gasteiger partial charge in [-0.25, -0.2) is 0 Å². The number of amides is 1. The molecule has 2 atom stereocenters. The highest BCUT2D eigenvalue weighted by Gasteiger charge is 2.21. The molecule has 1 aliphatic carbocycles. The molecule has 0 aromatic rings. The number of nitrogens with zero attached hydrogens (tertiary/aromatic N) is 2. The third-order valence-electron chi connectivity index (χ3n) is 13.8. The first kappa shape index (κ1) is 57.8. The number of ether oxygens (including phenoxy) is 1. The van der Waals surface area contributed by atoms with Gasteiger partial charge in [0.1, 0.15) is 0 Å². The summed E-state index contributed by atoms with van der Waals surface area (Å²) in [4.78, 5) is 31.0. The minimum atomic E-state index is -0.00479. The van der Waals surface area contributed by atoms with Gasteiger partial charge in [-0.2, -0.15) is 0 Å². The molecule has 1 aliphatic rings. The Morgan fingerprint density at radius 2 is 0.984 bits per heavy atom. The highest BCUT2D eigenvalue weighted by Crippen LogP contribution is 2.23. The molecule has 2 unspecified atom stereocenters. The quantitative estimate of drug-likeness (QED) is 0.0469. The number of carbonyl (C=O) groups is 2. The lowest BCUT2D eigenvalue weighted by Gasteiger charge is -2.35. The van der Waals surface area contributed by atoms with Crippen LogP contribution in [0.15, 0.2) is 0 Å². The maximum Gasteiger partial charge on any atom is 0.305 e. The van der Waals surface area contributed by atoms with Crippen molar-refractivity contribution in [2.75, 3.05) is 52.5 Å². The van der Waals surface area contributed by atoms with Gasteiger partial charge in [-0.15, -0.1) is 0 Å². The molecule has 0 heterocycles. The highest BCUT2D eigenvalue weighted by molar-refractivity contribution is 5.75. The monoisotopic (exact) mass is 862 g/mol. The Bertz CT molecular complexity index is 885. The molecule has 0 saturated heterocycles. The number of unbranched alkanes of at least 4 members (excludes halogenated alkanes) is 20. The molecule has 0 spiro atoms. The maximum absolute atomic E-state index is 12.9. The van der Waals surface area contributed by atoms with E-state index in [4.69, 9.17) is 4.74 Å². The molecule has 0 aromatic heterocycles. The summed E-state index contributed by atoms with van der Waals surface area (Å²) in [7, 11) is 0. The van der Waals surface area contributed by atoms with E-state index >= 15 is 0 Å². The van der Waals surface area contributed by atoms with E-state index in [-0.39, 0.29) is 18.5 Å². The van der Waals surface area contributed by atoms with Crippen molar-refractivity contribution in [3.05, 3.63) is 0 Å². The van der Waals surface area contributed by atoms with Crippen LogP contribution >= 0.6 is 0 Å². The predicted octanol–water partition coefficient (Wildman–Crippen LogP) is 14.4. The van der Waals surface area contributed by atoms with Crippen LogP contribution in [0.2, 0.25) is 0 Å². The van der Waals surface area contributed by atoms with Crippen molar-refractivity contribution < 1.29 is 19.4 Å². The molecule has 1 saturated carbocycles. The first-order valence-corrected chi connectivity index (χ1v) is 27.5. The standard InChI is InChI=1S/C54H107N3O4/c1-5-9-13-17-19-26-35-50(34-24-15-11-7-3)48-55-53(59)40-30-22-32-42-56(44-45-57(46-47-58)52-38-28-21-29-39-52)43-33-23-31-41-54(60)61-49-51(36-25-16-12-8-4)37-27-20-18-14-10-6-2/h50-52,58H,5-49H2,1-4H3,(H,55,59). The summed E-state index contributed by atoms with van der Waals surface area (Å²) in [5.41, 5.74) is 0. The molecule has 7 heteroatoms. The topological polar surface area (TPSA) is 82.1 Å². The third-order valence-corrected chi connectivity index (χ3v) is 13.8. The third kappa shape index (κ3) is 35.8. The Kier molecular flexibility index (Phi) is 41.8. The largest absolute Gasteiger partial charge is 0.465 e. The van der Waals surface area contributed by atoms with E-state index in [9.17, 15) is 14.7 Å². The summed E-state index contributed by atoms with van der Waals surface area (Å²) in [6.07, 6.45) is 45.0. The Balaban J connectivity index is 2.54. The smallest absolute Gasteiger partial charge is 0.305 e. The molecule has 1 amide bonds. The Hall–Kier alpha value is -1.18. The molecule has 0 radical (unpaired) electrons. The van der Waals surface area contributed by atoms with Gasteiger partial charge in [0.15, 0.2) is 0 Å². The fourth-order valence-corrected chi connectivity index (χ4v) is 9.67. The van der Waals surface area contributed by atoms with Gasteiger partial charge >= 0.3 is 5.97 Å². The van der Waals surface area contributed by atoms with E-state index in [1.165, 1.54) is 186 Å². The number of esters is 1. The van der Waals surface area contributed by atoms with E-state index in [0.29, 0.717) is 37.3 Å². The first-order chi connectivity index (χ1) is 30.0. The molecule has 0 aromatic carbocycles. The Morgan fingerprint density at radius 3 is 1.51 bits per heavy atom. The van der Waals surface area contributed by atoms with Gasteiger partial charge in [0.05, 0.1) is 13.2 Å². The number of aliphatic hydroxyl groups is 1. The maximum atomic E-state index is 12.9. The van der Waals surface area contributed by atoms with E-state index in [1.54, 1.807) is 0 Å². The summed E-state index contributed by atoms with van der Waals surface area (Å²) in [5, 5.41) is 13.2. The summed E-state index contributed by atoms with van der Waals surface area (Å²) in [6, 6.07) is 0.607. The number of rotatable bonds is 46. The van der Waals surface area contributed by atoms with Crippen LogP contribution < -0.4 is 5.32 Å². The van der Waals surface area contributed by atoms with E-state index in [0.717, 1.165) is 77.8 Å². The summed E-state index contributed by atoms with van der Waals surface area (Å²) in [5.74, 6) is 1.38. The number of carbonyl (C=O) groups excluding carboxylic acids is 2. The Labute approximate surface area is 380 Å². The highest BCUT2D eigenvalue weighted by atomic mass is 16.5. The van der Waals surface area contributed by atoms with Crippen molar-refractivity contribution in [1.29, 1.82) is 0 Å². The average molecular weight is 862 g/mol. The minimum Gasteiger partial charge on any atom is -0.465 e. The van der Waals surface area contributed by atoms with Crippen LogP contribution in [0.4, 0.5) is 0 Å². The molecule has 0 bridgehead atoms. The molecule has 362 valence electrons. The van der Waals surface area contributed by atoms with E-state index < -0.39 is 0 Å². The van der Waals surface area contributed by atoms with Crippen LogP contribution in [0.3, 0.4) is 0 Å². The molecule has 7 nitrogen and oxygen atoms in total. The van der Waals surface area contributed by atoms with Gasteiger partial charge in [0.2, 0.25) is 5.91 Å². The second-order valence-corrected chi connectivity index (χ2v) is 19.5. The van der Waals surface area contributed by atoms with Crippen LogP contribution in [-0.4, -0.2) is 85.3 Å². The average Bonchev–Trinajstić information content (AvgIpc) is 3.27. The first-order valence-electron chi connectivity index (χ1n) is 27.5. The van der Waals surface area contributed by atoms with Gasteiger partial charge < -0.3 is 20.1 Å². The van der Waals surface area contributed by atoms with Crippen LogP contribution in [0.5, 0.6) is 0 Å². The number of hydrogen-bond donors (Lipinski definition) is 2. The zero-order chi connectivity index (χ0) is 44.3. The minimum absolute atomic E-state index is 0.00479. The number of nitrogens with one attached hydrogen (secondary N) is 1. The van der Waals surface area contributed by atoms with E-state index in [2.05, 4.69) is 42.8 Å². The molecule has 1 fully saturated rings. The van der Waals surface area contributed by atoms with Crippen LogP contribution in [-0.2, 0) is 14.3 Å². The van der Waals surface area contributed by atoms with Crippen LogP contribution in [0.1, 0.15) is 265 Å². The summed E-state index contributed by atoms with van der Waals surface area (Å²) >= 11 is 0. The van der Waals surface area contributed by atoms with Crippen molar-refractivity contribution in [2.24, 2.45) is 11.8 Å². The molecular weight excluding hydrogens is 755 g/mol. The zero-order valence-corrected chi connectivity index (χ0v) is 41.6. The van der Waals surface area contributed by atoms with Crippen LogP contribution in [0.25, 0.3) is 0 Å². The van der Waals surface area contributed by atoms with Crippen molar-refractivity contribution in [2.45, 2.75) is 271 Å². The van der Waals surface area contributed by atoms with Crippen molar-refractivity contribution in [3.63, 3.8) is 0 Å². The lowest BCUT2D eigenvalue weighted by Crippen LogP contribution is -2.43. The van der Waals surface area contributed by atoms with Gasteiger partial charge in [-0.05, 0) is 89.1 Å². The molecular formula is C54H107N3O4. The second kappa shape index (κ2) is 44.0. The fraction of sp³-hybridized carbons (Fsp3) is 0.963. The van der Waals surface area contributed by atoms with Crippen molar-refractivity contribution in [3.8, 4) is 0 Å². The molecule has 0 aliphatic heterocycles. The second-order valence-electron chi connectivity index (χ2n) is 19.5. The lowest BCUT2D eigenvalue weighted by atomic mass is 9.94. The van der Waals surface area contributed by atoms with Crippen molar-refractivity contribution in [1.82, 2.24) is 15.1 Å². The fourth-order valence-electron chi connectivity index (χ4n) is 9.67. The number of aliphatic hydroxyl groups excluding tert-OH is 1. The van der Waals surface area contributed by atoms with Crippen LogP contribution in [0, 0.1) is 11.8 Å². The Morgan fingerprint density at radius 1 is 0.525 bits per heavy atom. The van der Waals surface area contributed by atoms with Gasteiger partial charge in [-0.1, -0.05) is 188 Å². The summed E-state index contributed by atoms with van der Waals surface area (Å²) in [6.45, 7) is 15.7. The number of hydrogen-bond acceptors (Lipinski definition) is 6. The molecule has 1 rings (SSSR count). The molecule has 2 N–H and O–H groups in total. The summed E-state index contributed by atoms with van der Waals surface area (Å²) < 4.78 is 5.90.